The Hall–Kier alpha value is -1.54. The number of benzene rings is 1. The van der Waals surface area contributed by atoms with E-state index >= 15 is 0 Å². The van der Waals surface area contributed by atoms with Gasteiger partial charge < -0.3 is 5.32 Å². The summed E-state index contributed by atoms with van der Waals surface area (Å²) in [4.78, 5) is 11.6. The van der Waals surface area contributed by atoms with Gasteiger partial charge in [-0.1, -0.05) is 42.0 Å². The van der Waals surface area contributed by atoms with Crippen molar-refractivity contribution in [2.24, 2.45) is 0 Å². The van der Waals surface area contributed by atoms with Gasteiger partial charge in [-0.05, 0) is 36.1 Å². The van der Waals surface area contributed by atoms with E-state index in [1.165, 1.54) is 5.56 Å². The van der Waals surface area contributed by atoms with Crippen molar-refractivity contribution >= 4 is 17.5 Å². The molecule has 1 atom stereocenters. The van der Waals surface area contributed by atoms with Crippen LogP contribution >= 0.6 is 11.6 Å². The lowest BCUT2D eigenvalue weighted by Crippen LogP contribution is -2.21. The average Bonchev–Trinajstić information content (AvgIpc) is 2.43. The van der Waals surface area contributed by atoms with Gasteiger partial charge in [-0.25, -0.2) is 0 Å². The fourth-order valence-corrected chi connectivity index (χ4v) is 2.50. The number of likely N-dealkylation sites (N-methyl/N-ethyl adjacent to an activating group) is 1. The van der Waals surface area contributed by atoms with Crippen LogP contribution in [0.25, 0.3) is 0 Å². The van der Waals surface area contributed by atoms with Crippen molar-refractivity contribution in [2.45, 2.75) is 25.7 Å². The molecule has 0 fully saturated rings. The molecule has 0 aromatic heterocycles. The number of halogens is 1. The Morgan fingerprint density at radius 2 is 2.21 bits per heavy atom. The minimum absolute atomic E-state index is 0.0106. The normalized spacial score (nSPS) is 17.5. The molecule has 1 aliphatic rings. The Kier molecular flexibility index (Phi) is 4.43. The molecule has 0 radical (unpaired) electrons. The number of carbonyl (C=O) groups excluding carboxylic acids is 1. The molecule has 2 rings (SSSR count). The number of aryl methyl sites for hydroxylation is 1. The maximum Gasteiger partial charge on any atom is 0.224 e. The lowest BCUT2D eigenvalue weighted by atomic mass is 9.87. The fraction of sp³-hybridized carbons (Fsp3) is 0.312. The van der Waals surface area contributed by atoms with E-state index in [4.69, 9.17) is 11.6 Å². The van der Waals surface area contributed by atoms with Crippen LogP contribution in [0.3, 0.4) is 0 Å². The van der Waals surface area contributed by atoms with Gasteiger partial charge in [-0.3, -0.25) is 4.79 Å². The molecular formula is C16H18ClNO. The number of hydrogen-bond donors (Lipinski definition) is 1. The van der Waals surface area contributed by atoms with Crippen molar-refractivity contribution in [2.75, 3.05) is 7.05 Å². The number of nitrogens with one attached hydrogen (secondary N) is 1. The van der Waals surface area contributed by atoms with E-state index in [-0.39, 0.29) is 5.91 Å². The van der Waals surface area contributed by atoms with E-state index in [1.807, 2.05) is 13.0 Å². The van der Waals surface area contributed by atoms with Crippen molar-refractivity contribution in [3.05, 3.63) is 58.1 Å². The average molecular weight is 276 g/mol. The Morgan fingerprint density at radius 3 is 2.84 bits per heavy atom. The van der Waals surface area contributed by atoms with Crippen molar-refractivity contribution in [3.8, 4) is 0 Å². The predicted octanol–water partition coefficient (Wildman–Crippen LogP) is 3.54. The monoisotopic (exact) mass is 275 g/mol. The number of allylic oxidation sites excluding steroid dienone is 4. The summed E-state index contributed by atoms with van der Waals surface area (Å²) in [5, 5.41) is 3.38. The minimum atomic E-state index is 0.0106. The summed E-state index contributed by atoms with van der Waals surface area (Å²) in [7, 11) is 1.65. The van der Waals surface area contributed by atoms with Crippen LogP contribution in [0.4, 0.5) is 0 Å². The summed E-state index contributed by atoms with van der Waals surface area (Å²) in [5.74, 6) is 0.345. The molecule has 0 saturated heterocycles. The maximum atomic E-state index is 11.6. The topological polar surface area (TPSA) is 29.1 Å². The van der Waals surface area contributed by atoms with Crippen LogP contribution in [0.1, 0.15) is 29.0 Å². The molecule has 0 aliphatic heterocycles. The number of rotatable bonds is 3. The fourth-order valence-electron chi connectivity index (χ4n) is 2.32. The second kappa shape index (κ2) is 6.07. The van der Waals surface area contributed by atoms with Gasteiger partial charge >= 0.3 is 0 Å². The number of amides is 1. The van der Waals surface area contributed by atoms with E-state index in [0.717, 1.165) is 22.6 Å². The van der Waals surface area contributed by atoms with E-state index < -0.39 is 0 Å². The lowest BCUT2D eigenvalue weighted by molar-refractivity contribution is -0.119. The Morgan fingerprint density at radius 1 is 1.42 bits per heavy atom. The number of carbonyl (C=O) groups is 1. The number of hydrogen-bond acceptors (Lipinski definition) is 1. The highest BCUT2D eigenvalue weighted by Crippen LogP contribution is 2.31. The zero-order valence-corrected chi connectivity index (χ0v) is 12.0. The highest BCUT2D eigenvalue weighted by Gasteiger charge is 2.16. The summed E-state index contributed by atoms with van der Waals surface area (Å²) >= 11 is 6.19. The maximum absolute atomic E-state index is 11.6. The molecule has 100 valence electrons. The zero-order valence-electron chi connectivity index (χ0n) is 11.2. The smallest absolute Gasteiger partial charge is 0.224 e. The van der Waals surface area contributed by atoms with Gasteiger partial charge in [0.1, 0.15) is 0 Å². The van der Waals surface area contributed by atoms with Crippen molar-refractivity contribution in [1.82, 2.24) is 5.32 Å². The summed E-state index contributed by atoms with van der Waals surface area (Å²) < 4.78 is 0. The molecule has 1 aliphatic carbocycles. The predicted molar refractivity (Wildman–Crippen MR) is 79.6 cm³/mol. The van der Waals surface area contributed by atoms with Gasteiger partial charge in [-0.2, -0.15) is 0 Å². The van der Waals surface area contributed by atoms with Gasteiger partial charge in [0.25, 0.3) is 0 Å². The standard InChI is InChI=1S/C16H18ClNO/c1-11-8-14(12-6-4-3-5-7-12)13(9-15(11)17)10-16(19)18-2/h3-6,8-9,12H,7,10H2,1-2H3,(H,18,19). The third-order valence-corrected chi connectivity index (χ3v) is 3.84. The molecule has 1 aromatic carbocycles. The highest BCUT2D eigenvalue weighted by atomic mass is 35.5. The van der Waals surface area contributed by atoms with E-state index in [9.17, 15) is 4.79 Å². The first-order valence-electron chi connectivity index (χ1n) is 6.44. The SMILES string of the molecule is CNC(=O)Cc1cc(Cl)c(C)cc1C1C=CC=CC1. The Bertz CT molecular complexity index is 546. The molecular weight excluding hydrogens is 258 g/mol. The van der Waals surface area contributed by atoms with Crippen LogP contribution in [-0.4, -0.2) is 13.0 Å². The van der Waals surface area contributed by atoms with Crippen LogP contribution in [-0.2, 0) is 11.2 Å². The Balaban J connectivity index is 2.39. The minimum Gasteiger partial charge on any atom is -0.359 e. The van der Waals surface area contributed by atoms with Crippen LogP contribution in [0.2, 0.25) is 5.02 Å². The molecule has 0 heterocycles. The quantitative estimate of drug-likeness (QED) is 0.898. The van der Waals surface area contributed by atoms with Gasteiger partial charge in [-0.15, -0.1) is 0 Å². The van der Waals surface area contributed by atoms with Crippen molar-refractivity contribution in [1.29, 1.82) is 0 Å². The molecule has 1 aromatic rings. The van der Waals surface area contributed by atoms with Crippen molar-refractivity contribution < 1.29 is 4.79 Å². The first-order valence-corrected chi connectivity index (χ1v) is 6.82. The van der Waals surface area contributed by atoms with Gasteiger partial charge in [0, 0.05) is 18.0 Å². The zero-order chi connectivity index (χ0) is 13.8. The summed E-state index contributed by atoms with van der Waals surface area (Å²) in [6.45, 7) is 2.00. The molecule has 2 nitrogen and oxygen atoms in total. The molecule has 1 amide bonds. The highest BCUT2D eigenvalue weighted by molar-refractivity contribution is 6.31. The molecule has 0 spiro atoms. The molecule has 0 saturated carbocycles. The third kappa shape index (κ3) is 3.27. The summed E-state index contributed by atoms with van der Waals surface area (Å²) in [5.41, 5.74) is 3.27. The second-order valence-corrected chi connectivity index (χ2v) is 5.21. The van der Waals surface area contributed by atoms with E-state index in [0.29, 0.717) is 12.3 Å². The first kappa shape index (κ1) is 13.9. The lowest BCUT2D eigenvalue weighted by Gasteiger charge is -2.19. The summed E-state index contributed by atoms with van der Waals surface area (Å²) in [6, 6.07) is 4.03. The third-order valence-electron chi connectivity index (χ3n) is 3.43. The van der Waals surface area contributed by atoms with Gasteiger partial charge in [0.2, 0.25) is 5.91 Å². The van der Waals surface area contributed by atoms with Crippen LogP contribution < -0.4 is 5.32 Å². The second-order valence-electron chi connectivity index (χ2n) is 4.81. The Labute approximate surface area is 119 Å². The van der Waals surface area contributed by atoms with Crippen molar-refractivity contribution in [3.63, 3.8) is 0 Å². The van der Waals surface area contributed by atoms with Gasteiger partial charge in [0.15, 0.2) is 0 Å². The van der Waals surface area contributed by atoms with Gasteiger partial charge in [0.05, 0.1) is 6.42 Å². The molecule has 1 unspecified atom stereocenters. The molecule has 1 N–H and O–H groups in total. The van der Waals surface area contributed by atoms with Crippen LogP contribution in [0.15, 0.2) is 36.4 Å². The molecule has 0 bridgehead atoms. The van der Waals surface area contributed by atoms with E-state index in [1.54, 1.807) is 7.05 Å². The van der Waals surface area contributed by atoms with Crippen LogP contribution in [0.5, 0.6) is 0 Å². The molecule has 19 heavy (non-hydrogen) atoms. The summed E-state index contributed by atoms with van der Waals surface area (Å²) in [6.07, 6.45) is 9.78. The largest absolute Gasteiger partial charge is 0.359 e. The molecule has 3 heteroatoms. The first-order chi connectivity index (χ1) is 9.11. The van der Waals surface area contributed by atoms with Crippen LogP contribution in [0, 0.1) is 6.92 Å². The van der Waals surface area contributed by atoms with E-state index in [2.05, 4.69) is 35.7 Å².